The summed E-state index contributed by atoms with van der Waals surface area (Å²) in [6, 6.07) is 8.86. The van der Waals surface area contributed by atoms with Crippen molar-refractivity contribution in [2.24, 2.45) is 5.92 Å². The quantitative estimate of drug-likeness (QED) is 0.179. The summed E-state index contributed by atoms with van der Waals surface area (Å²) in [5.74, 6) is -3.09. The number of ether oxygens (including phenoxy) is 2. The van der Waals surface area contributed by atoms with Gasteiger partial charge in [-0.15, -0.1) is 0 Å². The number of carbonyl (C=O) groups excluding carboxylic acids is 2. The summed E-state index contributed by atoms with van der Waals surface area (Å²) >= 11 is 0. The average molecular weight is 763 g/mol. The Bertz CT molecular complexity index is 1880. The van der Waals surface area contributed by atoms with Gasteiger partial charge in [-0.3, -0.25) is 9.59 Å². The van der Waals surface area contributed by atoms with Crippen LogP contribution in [0.4, 0.5) is 35.1 Å². The molecular formula is C35H34F8N2O6S. The topological polar surface area (TPSA) is 93.2 Å². The van der Waals surface area contributed by atoms with Crippen LogP contribution in [0.5, 0.6) is 5.75 Å². The lowest BCUT2D eigenvalue weighted by Crippen LogP contribution is -2.55. The van der Waals surface area contributed by atoms with Crippen LogP contribution in [0.15, 0.2) is 71.6 Å². The van der Waals surface area contributed by atoms with Gasteiger partial charge < -0.3 is 19.3 Å². The highest BCUT2D eigenvalue weighted by molar-refractivity contribution is 7.92. The monoisotopic (exact) mass is 762 g/mol. The zero-order valence-corrected chi connectivity index (χ0v) is 28.7. The van der Waals surface area contributed by atoms with E-state index in [1.54, 1.807) is 4.90 Å². The van der Waals surface area contributed by atoms with Crippen molar-refractivity contribution >= 4 is 21.7 Å². The maximum absolute atomic E-state index is 14.7. The minimum Gasteiger partial charge on any atom is -0.496 e. The summed E-state index contributed by atoms with van der Waals surface area (Å²) in [6.07, 6.45) is -11.9. The van der Waals surface area contributed by atoms with Gasteiger partial charge in [-0.25, -0.2) is 17.2 Å². The van der Waals surface area contributed by atoms with Gasteiger partial charge in [0, 0.05) is 50.1 Å². The molecule has 52 heavy (non-hydrogen) atoms. The first kappa shape index (κ1) is 39.0. The van der Waals surface area contributed by atoms with E-state index in [-0.39, 0.29) is 35.1 Å². The van der Waals surface area contributed by atoms with Crippen LogP contribution in [0, 0.1) is 17.6 Å². The minimum absolute atomic E-state index is 0.123. The van der Waals surface area contributed by atoms with Crippen molar-refractivity contribution < 1.29 is 62.6 Å². The molecule has 8 nitrogen and oxygen atoms in total. The van der Waals surface area contributed by atoms with Crippen molar-refractivity contribution in [3.63, 3.8) is 0 Å². The summed E-state index contributed by atoms with van der Waals surface area (Å²) in [5.41, 5.74) is -7.05. The summed E-state index contributed by atoms with van der Waals surface area (Å²) in [5, 5.41) is 0. The van der Waals surface area contributed by atoms with E-state index in [1.165, 1.54) is 11.8 Å². The Kier molecular flexibility index (Phi) is 10.7. The summed E-state index contributed by atoms with van der Waals surface area (Å²) in [4.78, 5) is 27.9. The van der Waals surface area contributed by atoms with Crippen molar-refractivity contribution in [3.8, 4) is 5.75 Å². The first-order valence-corrected chi connectivity index (χ1v) is 17.5. The Balaban J connectivity index is 1.56. The molecule has 2 aliphatic rings. The van der Waals surface area contributed by atoms with Crippen LogP contribution in [0.3, 0.4) is 0 Å². The molecule has 3 aromatic rings. The Hall–Kier alpha value is -4.25. The highest BCUT2D eigenvalue weighted by Crippen LogP contribution is 2.54. The predicted octanol–water partition coefficient (Wildman–Crippen LogP) is 6.67. The molecule has 0 aromatic heterocycles. The number of benzene rings is 3. The molecule has 282 valence electrons. The highest BCUT2D eigenvalue weighted by atomic mass is 32.2. The molecule has 2 saturated heterocycles. The molecule has 2 amide bonds. The highest BCUT2D eigenvalue weighted by Gasteiger charge is 2.73. The zero-order valence-electron chi connectivity index (χ0n) is 27.9. The second-order valence-corrected chi connectivity index (χ2v) is 15.0. The van der Waals surface area contributed by atoms with E-state index in [1.807, 2.05) is 0 Å². The van der Waals surface area contributed by atoms with Gasteiger partial charge in [-0.2, -0.15) is 26.3 Å². The molecule has 2 fully saturated rings. The standard InChI is InChI=1S/C35H34F8N2O6S/c1-22(46)44-16-13-23(14-17-44)31(47)45-18-15-32(21-45,52(48,49)29-10-7-27(36)8-11-29)25-3-5-26(6-4-25)33(34(38,39)40,35(41,42)43)51-20-24-19-28(37)9-12-30(24)50-2/h3-12,19,23H,13-18,20-21H2,1-2H3. The number of sulfone groups is 1. The maximum atomic E-state index is 14.7. The van der Waals surface area contributed by atoms with Gasteiger partial charge in [-0.1, -0.05) is 24.3 Å². The second-order valence-electron chi connectivity index (χ2n) is 12.7. The molecule has 0 spiro atoms. The van der Waals surface area contributed by atoms with Crippen molar-refractivity contribution in [1.29, 1.82) is 0 Å². The van der Waals surface area contributed by atoms with E-state index in [2.05, 4.69) is 4.74 Å². The van der Waals surface area contributed by atoms with Gasteiger partial charge in [0.1, 0.15) is 22.1 Å². The summed E-state index contributed by atoms with van der Waals surface area (Å²) < 4.78 is 152. The van der Waals surface area contributed by atoms with Gasteiger partial charge in [0.2, 0.25) is 11.8 Å². The van der Waals surface area contributed by atoms with Crippen LogP contribution in [0.25, 0.3) is 0 Å². The van der Waals surface area contributed by atoms with Crippen LogP contribution in [0.1, 0.15) is 42.9 Å². The molecule has 2 heterocycles. The number of carbonyl (C=O) groups is 2. The second kappa shape index (κ2) is 14.3. The van der Waals surface area contributed by atoms with Crippen LogP contribution in [-0.2, 0) is 41.1 Å². The van der Waals surface area contributed by atoms with E-state index in [9.17, 15) is 53.1 Å². The van der Waals surface area contributed by atoms with E-state index in [0.717, 1.165) is 55.6 Å². The average Bonchev–Trinajstić information content (AvgIpc) is 3.55. The van der Waals surface area contributed by atoms with E-state index < -0.39 is 80.3 Å². The SMILES string of the molecule is COc1ccc(F)cc1COC(c1ccc(C2(S(=O)(=O)c3ccc(F)cc3)CCN(C(=O)C3CCN(C(C)=O)CC3)C2)cc1)(C(F)(F)F)C(F)(F)F. The number of hydrogen-bond donors (Lipinski definition) is 0. The van der Waals surface area contributed by atoms with Gasteiger partial charge in [0.25, 0.3) is 5.60 Å². The summed E-state index contributed by atoms with van der Waals surface area (Å²) in [6.45, 7) is -0.0157. The molecule has 5 rings (SSSR count). The Labute approximate surface area is 294 Å². The molecule has 2 aliphatic heterocycles. The van der Waals surface area contributed by atoms with Crippen LogP contribution in [-0.4, -0.2) is 75.7 Å². The Morgan fingerprint density at radius 2 is 1.40 bits per heavy atom. The molecule has 0 bridgehead atoms. The van der Waals surface area contributed by atoms with Crippen LogP contribution in [0.2, 0.25) is 0 Å². The molecule has 17 heteroatoms. The summed E-state index contributed by atoms with van der Waals surface area (Å²) in [7, 11) is -3.50. The van der Waals surface area contributed by atoms with Gasteiger partial charge in [0.05, 0.1) is 18.6 Å². The third-order valence-corrected chi connectivity index (χ3v) is 12.3. The molecule has 1 atom stereocenters. The lowest BCUT2D eigenvalue weighted by Gasteiger charge is -2.38. The Morgan fingerprint density at radius 3 is 1.94 bits per heavy atom. The van der Waals surface area contributed by atoms with E-state index in [0.29, 0.717) is 44.1 Å². The molecule has 0 saturated carbocycles. The molecule has 1 unspecified atom stereocenters. The molecule has 0 aliphatic carbocycles. The van der Waals surface area contributed by atoms with Crippen molar-refractivity contribution in [2.45, 2.75) is 60.4 Å². The first-order valence-electron chi connectivity index (χ1n) is 16.0. The normalized spacial score (nSPS) is 19.2. The fraction of sp³-hybridized carbons (Fsp3) is 0.429. The largest absolute Gasteiger partial charge is 0.496 e. The Morgan fingerprint density at radius 1 is 0.827 bits per heavy atom. The number of rotatable bonds is 9. The molecule has 0 N–H and O–H groups in total. The van der Waals surface area contributed by atoms with Gasteiger partial charge >= 0.3 is 12.4 Å². The number of amides is 2. The maximum Gasteiger partial charge on any atom is 0.430 e. The molecule has 0 radical (unpaired) electrons. The third-order valence-electron chi connectivity index (χ3n) is 9.77. The lowest BCUT2D eigenvalue weighted by atomic mass is 9.88. The number of piperidine rings is 1. The predicted molar refractivity (Wildman–Crippen MR) is 169 cm³/mol. The molecular weight excluding hydrogens is 728 g/mol. The number of methoxy groups -OCH3 is 1. The number of likely N-dealkylation sites (tertiary alicyclic amines) is 2. The smallest absolute Gasteiger partial charge is 0.430 e. The lowest BCUT2D eigenvalue weighted by molar-refractivity contribution is -0.392. The first-order chi connectivity index (χ1) is 24.3. The fourth-order valence-electron chi connectivity index (χ4n) is 6.91. The van der Waals surface area contributed by atoms with Crippen molar-refractivity contribution in [3.05, 3.63) is 95.1 Å². The van der Waals surface area contributed by atoms with Gasteiger partial charge in [-0.05, 0) is 67.3 Å². The van der Waals surface area contributed by atoms with Crippen molar-refractivity contribution in [1.82, 2.24) is 9.80 Å². The van der Waals surface area contributed by atoms with E-state index in [4.69, 9.17) is 4.74 Å². The number of hydrogen-bond acceptors (Lipinski definition) is 6. The zero-order chi connectivity index (χ0) is 38.3. The van der Waals surface area contributed by atoms with E-state index >= 15 is 0 Å². The number of nitrogens with zero attached hydrogens (tertiary/aromatic N) is 2. The van der Waals surface area contributed by atoms with Crippen LogP contribution < -0.4 is 4.74 Å². The fourth-order valence-corrected chi connectivity index (χ4v) is 8.99. The number of halogens is 8. The number of alkyl halides is 6. The van der Waals surface area contributed by atoms with Crippen LogP contribution >= 0.6 is 0 Å². The van der Waals surface area contributed by atoms with Gasteiger partial charge in [0.15, 0.2) is 9.84 Å². The third kappa shape index (κ3) is 6.96. The van der Waals surface area contributed by atoms with Crippen molar-refractivity contribution in [2.75, 3.05) is 33.3 Å². The molecule has 3 aromatic carbocycles. The minimum atomic E-state index is -6.13.